The van der Waals surface area contributed by atoms with Crippen LogP contribution >= 0.6 is 0 Å². The Balaban J connectivity index is 1.78. The smallest absolute Gasteiger partial charge is 0.346 e. The molecule has 0 amide bonds. The normalized spacial score (nSPS) is 21.2. The molecular formula is C22H20N2O2. The maximum atomic E-state index is 11.1. The quantitative estimate of drug-likeness (QED) is 0.643. The van der Waals surface area contributed by atoms with E-state index >= 15 is 0 Å². The number of hydrogen-bond donors (Lipinski definition) is 1. The summed E-state index contributed by atoms with van der Waals surface area (Å²) in [5.74, 6) is -0.719. The molecule has 1 N–H and O–H groups in total. The van der Waals surface area contributed by atoms with E-state index in [0.29, 0.717) is 12.0 Å². The molecule has 1 aliphatic heterocycles. The zero-order valence-electron chi connectivity index (χ0n) is 14.6. The molecule has 1 heterocycles. The van der Waals surface area contributed by atoms with Crippen LogP contribution in [-0.4, -0.2) is 17.1 Å². The molecule has 4 heteroatoms. The number of nitrogens with zero attached hydrogens (tertiary/aromatic N) is 2. The lowest BCUT2D eigenvalue weighted by Gasteiger charge is -2.27. The summed E-state index contributed by atoms with van der Waals surface area (Å²) in [6.07, 6.45) is 4.98. The van der Waals surface area contributed by atoms with Crippen molar-refractivity contribution in [2.75, 3.05) is 4.90 Å². The van der Waals surface area contributed by atoms with Crippen molar-refractivity contribution in [1.82, 2.24) is 0 Å². The molecule has 2 aliphatic rings. The molecule has 0 bridgehead atoms. The topological polar surface area (TPSA) is 64.3 Å². The highest BCUT2D eigenvalue weighted by molar-refractivity contribution is 5.96. The number of aliphatic carboxylic acids is 1. The van der Waals surface area contributed by atoms with Crippen molar-refractivity contribution in [2.24, 2.45) is 0 Å². The molecule has 0 saturated heterocycles. The lowest BCUT2D eigenvalue weighted by molar-refractivity contribution is -0.132. The molecule has 2 aromatic rings. The van der Waals surface area contributed by atoms with Crippen molar-refractivity contribution < 1.29 is 9.90 Å². The van der Waals surface area contributed by atoms with Crippen molar-refractivity contribution in [2.45, 2.75) is 38.1 Å². The van der Waals surface area contributed by atoms with Crippen LogP contribution in [0.2, 0.25) is 0 Å². The van der Waals surface area contributed by atoms with Crippen molar-refractivity contribution in [3.8, 4) is 6.07 Å². The standard InChI is InChI=1S/C22H20N2O2/c1-14-5-8-17(9-6-14)24-20-4-2-3-18(20)19-12-15(7-10-21(19)24)11-16(13-23)22(25)26/h5-12,18,20H,2-4H2,1H3,(H,25,26)/b16-11+. The van der Waals surface area contributed by atoms with Crippen LogP contribution in [0.1, 0.15) is 41.9 Å². The molecule has 2 unspecified atom stereocenters. The summed E-state index contributed by atoms with van der Waals surface area (Å²) in [6, 6.07) is 16.9. The number of aryl methyl sites for hydroxylation is 1. The highest BCUT2D eigenvalue weighted by atomic mass is 16.4. The predicted molar refractivity (Wildman–Crippen MR) is 101 cm³/mol. The first-order valence-electron chi connectivity index (χ1n) is 8.93. The van der Waals surface area contributed by atoms with E-state index in [9.17, 15) is 4.79 Å². The van der Waals surface area contributed by atoms with E-state index in [-0.39, 0.29) is 5.57 Å². The summed E-state index contributed by atoms with van der Waals surface area (Å²) >= 11 is 0. The van der Waals surface area contributed by atoms with Crippen LogP contribution in [0.15, 0.2) is 48.0 Å². The average Bonchev–Trinajstić information content (AvgIpc) is 3.21. The van der Waals surface area contributed by atoms with E-state index in [4.69, 9.17) is 10.4 Å². The Kier molecular flexibility index (Phi) is 4.00. The molecule has 1 fully saturated rings. The predicted octanol–water partition coefficient (Wildman–Crippen LogP) is 4.77. The van der Waals surface area contributed by atoms with Crippen molar-refractivity contribution >= 4 is 23.4 Å². The second-order valence-corrected chi connectivity index (χ2v) is 7.10. The molecule has 1 saturated carbocycles. The Morgan fingerprint density at radius 3 is 2.69 bits per heavy atom. The number of carbonyl (C=O) groups is 1. The second kappa shape index (κ2) is 6.34. The van der Waals surface area contributed by atoms with Gasteiger partial charge in [-0.1, -0.05) is 30.2 Å². The molecule has 2 atom stereocenters. The van der Waals surface area contributed by atoms with Gasteiger partial charge in [-0.15, -0.1) is 0 Å². The number of rotatable bonds is 3. The summed E-state index contributed by atoms with van der Waals surface area (Å²) in [5.41, 5.74) is 5.46. The average molecular weight is 344 g/mol. The van der Waals surface area contributed by atoms with Gasteiger partial charge >= 0.3 is 5.97 Å². The van der Waals surface area contributed by atoms with E-state index in [1.54, 1.807) is 6.07 Å². The van der Waals surface area contributed by atoms with E-state index in [1.165, 1.54) is 35.0 Å². The number of hydrogen-bond acceptors (Lipinski definition) is 3. The molecule has 0 radical (unpaired) electrons. The summed E-state index contributed by atoms with van der Waals surface area (Å²) < 4.78 is 0. The maximum absolute atomic E-state index is 11.1. The zero-order chi connectivity index (χ0) is 18.3. The van der Waals surface area contributed by atoms with E-state index in [2.05, 4.69) is 48.2 Å². The van der Waals surface area contributed by atoms with Gasteiger partial charge in [0, 0.05) is 23.3 Å². The zero-order valence-corrected chi connectivity index (χ0v) is 14.6. The Morgan fingerprint density at radius 1 is 1.23 bits per heavy atom. The summed E-state index contributed by atoms with van der Waals surface area (Å²) in [4.78, 5) is 13.5. The molecule has 4 rings (SSSR count). The fourth-order valence-corrected chi connectivity index (χ4v) is 4.31. The molecular weight excluding hydrogens is 324 g/mol. The first-order valence-corrected chi connectivity index (χ1v) is 8.93. The lowest BCUT2D eigenvalue weighted by atomic mass is 9.95. The second-order valence-electron chi connectivity index (χ2n) is 7.10. The van der Waals surface area contributed by atoms with Gasteiger partial charge in [0.15, 0.2) is 0 Å². The number of nitriles is 1. The number of anilines is 2. The van der Waals surface area contributed by atoms with Gasteiger partial charge in [0.05, 0.1) is 0 Å². The van der Waals surface area contributed by atoms with Crippen LogP contribution in [0.4, 0.5) is 11.4 Å². The fourth-order valence-electron chi connectivity index (χ4n) is 4.31. The molecule has 130 valence electrons. The maximum Gasteiger partial charge on any atom is 0.346 e. The van der Waals surface area contributed by atoms with Gasteiger partial charge < -0.3 is 10.0 Å². The Bertz CT molecular complexity index is 938. The highest BCUT2D eigenvalue weighted by Crippen LogP contribution is 2.52. The number of carboxylic acid groups (broad SMARTS) is 1. The minimum Gasteiger partial charge on any atom is -0.477 e. The number of benzene rings is 2. The summed E-state index contributed by atoms with van der Waals surface area (Å²) in [6.45, 7) is 2.09. The van der Waals surface area contributed by atoms with E-state index in [1.807, 2.05) is 6.07 Å². The van der Waals surface area contributed by atoms with Crippen molar-refractivity contribution in [3.63, 3.8) is 0 Å². The Morgan fingerprint density at radius 2 is 2.00 bits per heavy atom. The fraction of sp³-hybridized carbons (Fsp3) is 0.273. The largest absolute Gasteiger partial charge is 0.477 e. The van der Waals surface area contributed by atoms with Crippen molar-refractivity contribution in [1.29, 1.82) is 5.26 Å². The molecule has 1 aliphatic carbocycles. The third-order valence-corrected chi connectivity index (χ3v) is 5.50. The van der Waals surface area contributed by atoms with Gasteiger partial charge in [-0.3, -0.25) is 0 Å². The van der Waals surface area contributed by atoms with Crippen LogP contribution in [0, 0.1) is 18.3 Å². The third-order valence-electron chi connectivity index (χ3n) is 5.50. The van der Waals surface area contributed by atoms with Gasteiger partial charge in [0.2, 0.25) is 0 Å². The van der Waals surface area contributed by atoms with Crippen LogP contribution in [0.25, 0.3) is 6.08 Å². The van der Waals surface area contributed by atoms with Gasteiger partial charge in [-0.25, -0.2) is 4.79 Å². The highest BCUT2D eigenvalue weighted by Gasteiger charge is 2.42. The lowest BCUT2D eigenvalue weighted by Crippen LogP contribution is -2.26. The summed E-state index contributed by atoms with van der Waals surface area (Å²) in [5, 5.41) is 18.1. The molecule has 4 nitrogen and oxygen atoms in total. The van der Waals surface area contributed by atoms with Crippen LogP contribution in [0.5, 0.6) is 0 Å². The van der Waals surface area contributed by atoms with Crippen LogP contribution in [-0.2, 0) is 4.79 Å². The van der Waals surface area contributed by atoms with Gasteiger partial charge in [-0.05, 0) is 61.2 Å². The molecule has 0 aromatic heterocycles. The first-order chi connectivity index (χ1) is 12.6. The minimum absolute atomic E-state index is 0.235. The van der Waals surface area contributed by atoms with E-state index < -0.39 is 5.97 Å². The van der Waals surface area contributed by atoms with E-state index in [0.717, 1.165) is 18.4 Å². The SMILES string of the molecule is Cc1ccc(N2c3ccc(/C=C(\C#N)C(=O)O)cc3C3CCCC32)cc1. The van der Waals surface area contributed by atoms with Gasteiger partial charge in [0.25, 0.3) is 0 Å². The van der Waals surface area contributed by atoms with Gasteiger partial charge in [-0.2, -0.15) is 5.26 Å². The van der Waals surface area contributed by atoms with Crippen molar-refractivity contribution in [3.05, 3.63) is 64.7 Å². The number of carboxylic acids is 1. The molecule has 0 spiro atoms. The van der Waals surface area contributed by atoms with Crippen LogP contribution in [0.3, 0.4) is 0 Å². The number of fused-ring (bicyclic) bond motifs is 3. The molecule has 26 heavy (non-hydrogen) atoms. The third kappa shape index (κ3) is 2.66. The monoisotopic (exact) mass is 344 g/mol. The Labute approximate surface area is 153 Å². The molecule has 2 aromatic carbocycles. The summed E-state index contributed by atoms with van der Waals surface area (Å²) in [7, 11) is 0. The Hall–Kier alpha value is -3.06. The minimum atomic E-state index is -1.19. The van der Waals surface area contributed by atoms with Crippen LogP contribution < -0.4 is 4.90 Å². The first kappa shape index (κ1) is 16.4. The van der Waals surface area contributed by atoms with Gasteiger partial charge in [0.1, 0.15) is 11.6 Å².